The average Bonchev–Trinajstić information content (AvgIpc) is 2.97. The summed E-state index contributed by atoms with van der Waals surface area (Å²) in [5.74, 6) is -0.244. The van der Waals surface area contributed by atoms with Crippen molar-refractivity contribution >= 4 is 12.0 Å². The van der Waals surface area contributed by atoms with Gasteiger partial charge < -0.3 is 14.9 Å². The monoisotopic (exact) mass is 268 g/mol. The van der Waals surface area contributed by atoms with Crippen LogP contribution in [0.2, 0.25) is 0 Å². The van der Waals surface area contributed by atoms with Crippen molar-refractivity contribution in [3.05, 3.63) is 0 Å². The highest BCUT2D eigenvalue weighted by Crippen LogP contribution is 2.28. The minimum atomic E-state index is -0.882. The molecule has 0 aromatic rings. The first kappa shape index (κ1) is 14.2. The number of hydrogen-bond donors (Lipinski definition) is 1. The van der Waals surface area contributed by atoms with E-state index in [1.165, 1.54) is 30.6 Å². The molecule has 2 aliphatic rings. The Balaban J connectivity index is 1.95. The van der Waals surface area contributed by atoms with Gasteiger partial charge in [-0.15, -0.1) is 0 Å². The van der Waals surface area contributed by atoms with Gasteiger partial charge in [-0.25, -0.2) is 9.59 Å². The van der Waals surface area contributed by atoms with Gasteiger partial charge >= 0.3 is 12.0 Å². The van der Waals surface area contributed by atoms with Crippen LogP contribution in [-0.4, -0.2) is 53.1 Å². The SMILES string of the molecule is CC1CCN(C(=O)N(C)CC2CCCC2)C1C(=O)O. The average molecular weight is 268 g/mol. The van der Waals surface area contributed by atoms with Crippen molar-refractivity contribution in [2.45, 2.75) is 45.1 Å². The second-order valence-electron chi connectivity index (χ2n) is 6.06. The van der Waals surface area contributed by atoms with Gasteiger partial charge in [-0.2, -0.15) is 0 Å². The molecule has 2 unspecified atom stereocenters. The molecule has 1 aliphatic carbocycles. The molecule has 0 bridgehead atoms. The molecule has 5 heteroatoms. The number of likely N-dealkylation sites (tertiary alicyclic amines) is 1. The van der Waals surface area contributed by atoms with Gasteiger partial charge in [0, 0.05) is 20.1 Å². The van der Waals surface area contributed by atoms with E-state index >= 15 is 0 Å². The first-order valence-corrected chi connectivity index (χ1v) is 7.25. The third kappa shape index (κ3) is 3.01. The Labute approximate surface area is 114 Å². The van der Waals surface area contributed by atoms with E-state index in [4.69, 9.17) is 0 Å². The summed E-state index contributed by atoms with van der Waals surface area (Å²) >= 11 is 0. The predicted octanol–water partition coefficient (Wildman–Crippen LogP) is 2.02. The number of urea groups is 1. The number of rotatable bonds is 3. The maximum atomic E-state index is 12.4. The molecule has 108 valence electrons. The minimum absolute atomic E-state index is 0.0429. The molecular formula is C14H24N2O3. The van der Waals surface area contributed by atoms with E-state index in [1.54, 1.807) is 11.9 Å². The highest BCUT2D eigenvalue weighted by Gasteiger charge is 2.40. The third-order valence-electron chi connectivity index (χ3n) is 4.53. The molecule has 1 heterocycles. The third-order valence-corrected chi connectivity index (χ3v) is 4.53. The molecule has 2 amide bonds. The molecule has 2 rings (SSSR count). The van der Waals surface area contributed by atoms with Gasteiger partial charge in [0.1, 0.15) is 6.04 Å². The van der Waals surface area contributed by atoms with Crippen LogP contribution in [0.5, 0.6) is 0 Å². The molecule has 1 saturated heterocycles. The van der Waals surface area contributed by atoms with Crippen molar-refractivity contribution in [2.24, 2.45) is 11.8 Å². The zero-order valence-corrected chi connectivity index (χ0v) is 11.8. The maximum absolute atomic E-state index is 12.4. The fourth-order valence-electron chi connectivity index (χ4n) is 3.42. The van der Waals surface area contributed by atoms with Gasteiger partial charge in [0.05, 0.1) is 0 Å². The Hall–Kier alpha value is -1.26. The lowest BCUT2D eigenvalue weighted by Crippen LogP contribution is -2.49. The van der Waals surface area contributed by atoms with Gasteiger partial charge in [-0.05, 0) is 31.1 Å². The number of carboxylic acid groups (broad SMARTS) is 1. The van der Waals surface area contributed by atoms with Crippen LogP contribution in [0.4, 0.5) is 4.79 Å². The number of amides is 2. The van der Waals surface area contributed by atoms with Crippen molar-refractivity contribution in [1.82, 2.24) is 9.80 Å². The number of carboxylic acids is 1. The van der Waals surface area contributed by atoms with Crippen LogP contribution in [0.3, 0.4) is 0 Å². The summed E-state index contributed by atoms with van der Waals surface area (Å²) in [7, 11) is 1.79. The Morgan fingerprint density at radius 2 is 1.89 bits per heavy atom. The number of carbonyl (C=O) groups is 2. The molecular weight excluding hydrogens is 244 g/mol. The summed E-state index contributed by atoms with van der Waals surface area (Å²) < 4.78 is 0. The Morgan fingerprint density at radius 1 is 1.26 bits per heavy atom. The smallest absolute Gasteiger partial charge is 0.326 e. The normalized spacial score (nSPS) is 27.8. The molecule has 5 nitrogen and oxygen atoms in total. The summed E-state index contributed by atoms with van der Waals surface area (Å²) in [6.45, 7) is 3.23. The van der Waals surface area contributed by atoms with Crippen LogP contribution in [0.25, 0.3) is 0 Å². The molecule has 1 aliphatic heterocycles. The molecule has 0 radical (unpaired) electrons. The van der Waals surface area contributed by atoms with E-state index in [9.17, 15) is 14.7 Å². The first-order valence-electron chi connectivity index (χ1n) is 7.25. The fourth-order valence-corrected chi connectivity index (χ4v) is 3.42. The first-order chi connectivity index (χ1) is 9.00. The van der Waals surface area contributed by atoms with Crippen LogP contribution in [0.15, 0.2) is 0 Å². The van der Waals surface area contributed by atoms with E-state index in [0.29, 0.717) is 12.5 Å². The summed E-state index contributed by atoms with van der Waals surface area (Å²) in [6.07, 6.45) is 5.67. The van der Waals surface area contributed by atoms with Crippen LogP contribution < -0.4 is 0 Å². The zero-order valence-electron chi connectivity index (χ0n) is 11.8. The predicted molar refractivity (Wildman–Crippen MR) is 71.9 cm³/mol. The minimum Gasteiger partial charge on any atom is -0.480 e. The Bertz CT molecular complexity index is 353. The standard InChI is InChI=1S/C14H24N2O3/c1-10-7-8-16(12(10)13(17)18)14(19)15(2)9-11-5-3-4-6-11/h10-12H,3-9H2,1-2H3,(H,17,18). The molecule has 0 aromatic heterocycles. The highest BCUT2D eigenvalue weighted by molar-refractivity contribution is 5.83. The van der Waals surface area contributed by atoms with Crippen LogP contribution in [0.1, 0.15) is 39.0 Å². The van der Waals surface area contributed by atoms with Gasteiger partial charge in [-0.3, -0.25) is 0 Å². The molecule has 2 fully saturated rings. The summed E-state index contributed by atoms with van der Waals surface area (Å²) in [5.41, 5.74) is 0. The van der Waals surface area contributed by atoms with E-state index in [2.05, 4.69) is 0 Å². The van der Waals surface area contributed by atoms with Crippen LogP contribution >= 0.6 is 0 Å². The van der Waals surface area contributed by atoms with E-state index in [1.807, 2.05) is 6.92 Å². The van der Waals surface area contributed by atoms with E-state index in [0.717, 1.165) is 13.0 Å². The number of aliphatic carboxylic acids is 1. The molecule has 1 saturated carbocycles. The highest BCUT2D eigenvalue weighted by atomic mass is 16.4. The Kier molecular flexibility index (Phi) is 4.32. The van der Waals surface area contributed by atoms with Gasteiger partial charge in [-0.1, -0.05) is 19.8 Å². The summed E-state index contributed by atoms with van der Waals surface area (Å²) in [6, 6.07) is -0.776. The zero-order chi connectivity index (χ0) is 14.0. The lowest BCUT2D eigenvalue weighted by Gasteiger charge is -2.30. The molecule has 0 spiro atoms. The maximum Gasteiger partial charge on any atom is 0.326 e. The van der Waals surface area contributed by atoms with E-state index < -0.39 is 12.0 Å². The van der Waals surface area contributed by atoms with Crippen LogP contribution in [-0.2, 0) is 4.79 Å². The lowest BCUT2D eigenvalue weighted by atomic mass is 10.0. The second kappa shape index (κ2) is 5.80. The topological polar surface area (TPSA) is 60.9 Å². The quantitative estimate of drug-likeness (QED) is 0.852. The second-order valence-corrected chi connectivity index (χ2v) is 6.06. The lowest BCUT2D eigenvalue weighted by molar-refractivity contribution is -0.142. The number of nitrogens with zero attached hydrogens (tertiary/aromatic N) is 2. The Morgan fingerprint density at radius 3 is 2.47 bits per heavy atom. The van der Waals surface area contributed by atoms with Crippen molar-refractivity contribution < 1.29 is 14.7 Å². The van der Waals surface area contributed by atoms with Crippen molar-refractivity contribution in [3.8, 4) is 0 Å². The molecule has 1 N–H and O–H groups in total. The summed E-state index contributed by atoms with van der Waals surface area (Å²) in [4.78, 5) is 26.9. The number of hydrogen-bond acceptors (Lipinski definition) is 2. The van der Waals surface area contributed by atoms with Gasteiger partial charge in [0.15, 0.2) is 0 Å². The fraction of sp³-hybridized carbons (Fsp3) is 0.857. The largest absolute Gasteiger partial charge is 0.480 e. The van der Waals surface area contributed by atoms with Crippen molar-refractivity contribution in [2.75, 3.05) is 20.1 Å². The molecule has 2 atom stereocenters. The van der Waals surface area contributed by atoms with Gasteiger partial charge in [0.2, 0.25) is 0 Å². The summed E-state index contributed by atoms with van der Waals surface area (Å²) in [5, 5.41) is 9.26. The number of carbonyl (C=O) groups excluding carboxylic acids is 1. The van der Waals surface area contributed by atoms with Gasteiger partial charge in [0.25, 0.3) is 0 Å². The van der Waals surface area contributed by atoms with Crippen molar-refractivity contribution in [3.63, 3.8) is 0 Å². The molecule has 0 aromatic carbocycles. The van der Waals surface area contributed by atoms with Crippen molar-refractivity contribution in [1.29, 1.82) is 0 Å². The molecule has 19 heavy (non-hydrogen) atoms. The van der Waals surface area contributed by atoms with E-state index in [-0.39, 0.29) is 11.9 Å². The van der Waals surface area contributed by atoms with Crippen LogP contribution in [0, 0.1) is 11.8 Å².